The molecule has 0 spiro atoms. The lowest BCUT2D eigenvalue weighted by Gasteiger charge is -2.40. The number of carboxylic acids is 2. The number of amides is 1. The molecule has 0 aliphatic carbocycles. The highest BCUT2D eigenvalue weighted by atomic mass is 32.2. The molecule has 2 N–H and O–H groups in total. The van der Waals surface area contributed by atoms with Crippen LogP contribution in [0, 0.1) is 12.7 Å². The van der Waals surface area contributed by atoms with E-state index >= 15 is 0 Å². The van der Waals surface area contributed by atoms with Crippen LogP contribution in [-0.4, -0.2) is 108 Å². The van der Waals surface area contributed by atoms with Crippen molar-refractivity contribution in [2.24, 2.45) is 0 Å². The molecule has 3 heterocycles. The topological polar surface area (TPSA) is 157 Å². The van der Waals surface area contributed by atoms with Gasteiger partial charge in [0.1, 0.15) is 24.6 Å². The fourth-order valence-corrected chi connectivity index (χ4v) is 6.15. The predicted octanol–water partition coefficient (Wildman–Crippen LogP) is -0.840. The maximum absolute atomic E-state index is 14.2. The number of benzene rings is 2. The van der Waals surface area contributed by atoms with Crippen LogP contribution in [0.4, 0.5) is 9.18 Å². The summed E-state index contributed by atoms with van der Waals surface area (Å²) in [5, 5.41) is 35.7. The lowest BCUT2D eigenvalue weighted by Crippen LogP contribution is -2.51. The van der Waals surface area contributed by atoms with Crippen molar-refractivity contribution in [1.82, 2.24) is 14.7 Å². The number of rotatable bonds is 7. The van der Waals surface area contributed by atoms with Gasteiger partial charge in [-0.3, -0.25) is 9.80 Å². The van der Waals surface area contributed by atoms with Crippen LogP contribution in [0.15, 0.2) is 46.2 Å². The first-order chi connectivity index (χ1) is 19.5. The molecular weight excluding hydrogens is 557 g/mol. The van der Waals surface area contributed by atoms with Gasteiger partial charge in [0.05, 0.1) is 18.5 Å². The van der Waals surface area contributed by atoms with Crippen LogP contribution in [0.1, 0.15) is 22.7 Å². The molecule has 0 bridgehead atoms. The molecule has 0 saturated carbocycles. The fourth-order valence-electron chi connectivity index (χ4n) is 5.05. The standard InChI is InChI=1S/C24H28FN3O2S.C4H6O6/c1-17-2-4-22-18(14-17)15-21(20-16-19(25)3-5-23(20)31-22)27-9-6-26(7-10-27)8-11-28-12-13-30-24(28)29;5-1(3(7)8)2(6)4(9)10/h2-5,14,16,21H,6-13,15H2,1H3;1-2,5-6H,(H,7,8)(H,9,10)/p-2/t21-;1-,2-/m11/s1. The van der Waals surface area contributed by atoms with Gasteiger partial charge in [0.2, 0.25) is 0 Å². The Morgan fingerprint density at radius 2 is 1.66 bits per heavy atom. The Morgan fingerprint density at radius 1 is 1.00 bits per heavy atom. The lowest BCUT2D eigenvalue weighted by molar-refractivity contribution is -0.333. The number of halogens is 1. The van der Waals surface area contributed by atoms with Crippen LogP contribution in [0.2, 0.25) is 0 Å². The number of ether oxygens (including phenoxy) is 1. The molecule has 2 saturated heterocycles. The highest BCUT2D eigenvalue weighted by molar-refractivity contribution is 7.99. The number of aliphatic hydroxyl groups excluding tert-OH is 2. The second kappa shape index (κ2) is 13.6. The molecule has 13 heteroatoms. The Morgan fingerprint density at radius 3 is 2.27 bits per heavy atom. The third-order valence-electron chi connectivity index (χ3n) is 7.34. The van der Waals surface area contributed by atoms with Crippen molar-refractivity contribution in [3.05, 3.63) is 58.9 Å². The summed E-state index contributed by atoms with van der Waals surface area (Å²) in [4.78, 5) is 40.1. The number of hydrogen-bond donors (Lipinski definition) is 2. The summed E-state index contributed by atoms with van der Waals surface area (Å²) in [5.74, 6) is -4.28. The third-order valence-corrected chi connectivity index (χ3v) is 8.55. The van der Waals surface area contributed by atoms with E-state index in [1.165, 1.54) is 16.0 Å². The minimum absolute atomic E-state index is 0.164. The number of nitrogens with zero attached hydrogens (tertiary/aromatic N) is 3. The van der Waals surface area contributed by atoms with Crippen molar-refractivity contribution in [3.63, 3.8) is 0 Å². The molecule has 3 aliphatic rings. The molecule has 0 unspecified atom stereocenters. The summed E-state index contributed by atoms with van der Waals surface area (Å²) in [5.41, 5.74) is 3.72. The number of carboxylic acid groups (broad SMARTS) is 2. The summed E-state index contributed by atoms with van der Waals surface area (Å²) in [6.45, 7) is 8.72. The third kappa shape index (κ3) is 7.74. The van der Waals surface area contributed by atoms with Crippen LogP contribution in [0.5, 0.6) is 0 Å². The summed E-state index contributed by atoms with van der Waals surface area (Å²) < 4.78 is 19.2. The maximum atomic E-state index is 14.2. The van der Waals surface area contributed by atoms with Crippen LogP contribution in [-0.2, 0) is 20.7 Å². The van der Waals surface area contributed by atoms with Crippen molar-refractivity contribution in [2.45, 2.75) is 41.4 Å². The quantitative estimate of drug-likeness (QED) is 0.415. The first-order valence-corrected chi connectivity index (χ1v) is 14.1. The molecule has 0 aromatic heterocycles. The monoisotopic (exact) mass is 589 g/mol. The van der Waals surface area contributed by atoms with Crippen molar-refractivity contribution < 1.29 is 43.9 Å². The molecule has 5 rings (SSSR count). The van der Waals surface area contributed by atoms with Crippen LogP contribution in [0.3, 0.4) is 0 Å². The molecule has 1 amide bonds. The highest BCUT2D eigenvalue weighted by Crippen LogP contribution is 2.43. The van der Waals surface area contributed by atoms with E-state index in [4.69, 9.17) is 14.9 Å². The van der Waals surface area contributed by atoms with Crippen LogP contribution in [0.25, 0.3) is 0 Å². The second-order valence-corrected chi connectivity index (χ2v) is 11.2. The molecule has 3 aliphatic heterocycles. The number of aliphatic carboxylic acids is 2. The molecule has 0 radical (unpaired) electrons. The van der Waals surface area contributed by atoms with Crippen LogP contribution >= 0.6 is 11.8 Å². The van der Waals surface area contributed by atoms with Gasteiger partial charge < -0.3 is 39.7 Å². The Bertz CT molecular complexity index is 1250. The van der Waals surface area contributed by atoms with Crippen molar-refractivity contribution >= 4 is 29.8 Å². The highest BCUT2D eigenvalue weighted by Gasteiger charge is 2.31. The van der Waals surface area contributed by atoms with E-state index in [-0.39, 0.29) is 18.0 Å². The number of fused-ring (bicyclic) bond motifs is 2. The molecule has 11 nitrogen and oxygen atoms in total. The molecule has 2 fully saturated rings. The van der Waals surface area contributed by atoms with Gasteiger partial charge >= 0.3 is 6.09 Å². The summed E-state index contributed by atoms with van der Waals surface area (Å²) in [7, 11) is 0. The molecular formula is C28H32FN3O8S-2. The minimum atomic E-state index is -2.44. The largest absolute Gasteiger partial charge is 0.547 e. The average Bonchev–Trinajstić information content (AvgIpc) is 3.29. The average molecular weight is 590 g/mol. The number of aliphatic hydroxyl groups is 2. The zero-order valence-corrected chi connectivity index (χ0v) is 23.3. The zero-order valence-electron chi connectivity index (χ0n) is 22.5. The van der Waals surface area contributed by atoms with E-state index < -0.39 is 24.1 Å². The fraction of sp³-hybridized carbons (Fsp3) is 0.464. The van der Waals surface area contributed by atoms with Crippen molar-refractivity contribution in [2.75, 3.05) is 52.4 Å². The van der Waals surface area contributed by atoms with Crippen molar-refractivity contribution in [3.8, 4) is 0 Å². The number of aryl methyl sites for hydroxylation is 1. The number of cyclic esters (lactones) is 1. The first-order valence-electron chi connectivity index (χ1n) is 13.3. The van der Waals surface area contributed by atoms with Gasteiger partial charge in [0.25, 0.3) is 0 Å². The van der Waals surface area contributed by atoms with E-state index in [9.17, 15) is 29.0 Å². The maximum Gasteiger partial charge on any atom is 0.409 e. The second-order valence-electron chi connectivity index (χ2n) is 10.1. The summed E-state index contributed by atoms with van der Waals surface area (Å²) in [6.07, 6.45) is -4.17. The van der Waals surface area contributed by atoms with E-state index in [1.807, 2.05) is 6.07 Å². The summed E-state index contributed by atoms with van der Waals surface area (Å²) >= 11 is 1.76. The van der Waals surface area contributed by atoms with E-state index in [1.54, 1.807) is 28.8 Å². The Hall–Kier alpha value is -3.23. The van der Waals surface area contributed by atoms with Crippen LogP contribution < -0.4 is 10.2 Å². The first kappa shape index (κ1) is 30.7. The Labute approximate surface area is 241 Å². The molecule has 41 heavy (non-hydrogen) atoms. The van der Waals surface area contributed by atoms with E-state index in [0.29, 0.717) is 13.2 Å². The molecule has 2 aromatic carbocycles. The van der Waals surface area contributed by atoms with Gasteiger partial charge in [-0.1, -0.05) is 29.5 Å². The van der Waals surface area contributed by atoms with Gasteiger partial charge in [0, 0.05) is 55.1 Å². The van der Waals surface area contributed by atoms with Gasteiger partial charge in [-0.25, -0.2) is 9.18 Å². The normalized spacial score (nSPS) is 20.5. The van der Waals surface area contributed by atoms with Gasteiger partial charge in [-0.15, -0.1) is 0 Å². The smallest absolute Gasteiger partial charge is 0.409 e. The molecule has 3 atom stereocenters. The predicted molar refractivity (Wildman–Crippen MR) is 141 cm³/mol. The van der Waals surface area contributed by atoms with Gasteiger partial charge in [-0.05, 0) is 48.7 Å². The molecule has 222 valence electrons. The number of carbonyl (C=O) groups is 3. The van der Waals surface area contributed by atoms with Gasteiger partial charge in [0.15, 0.2) is 0 Å². The molecule has 2 aromatic rings. The number of piperazine rings is 1. The van der Waals surface area contributed by atoms with Gasteiger partial charge in [-0.2, -0.15) is 0 Å². The number of hydrogen-bond acceptors (Lipinski definition) is 11. The zero-order chi connectivity index (χ0) is 29.7. The number of carbonyl (C=O) groups excluding carboxylic acids is 3. The van der Waals surface area contributed by atoms with E-state index in [0.717, 1.165) is 56.1 Å². The minimum Gasteiger partial charge on any atom is -0.547 e. The Balaban J connectivity index is 0.000000334. The lowest BCUT2D eigenvalue weighted by atomic mass is 9.95. The Kier molecular flexibility index (Phi) is 10.2. The van der Waals surface area contributed by atoms with E-state index in [2.05, 4.69) is 34.9 Å². The summed E-state index contributed by atoms with van der Waals surface area (Å²) in [6, 6.07) is 12.1. The SMILES string of the molecule is Cc1ccc2c(c1)C[C@@H](N1CCN(CCN3CCOC3=O)CC1)c1cc(F)ccc1S2.O=C([O-])[C@H](O)[C@@H](O)C(=O)[O-]. The van der Waals surface area contributed by atoms with Crippen molar-refractivity contribution in [1.29, 1.82) is 0 Å².